The Hall–Kier alpha value is -1.13. The van der Waals surface area contributed by atoms with Crippen molar-refractivity contribution in [1.29, 1.82) is 0 Å². The maximum atomic E-state index is 10.8. The van der Waals surface area contributed by atoms with Gasteiger partial charge >= 0.3 is 0 Å². The Morgan fingerprint density at radius 3 is 3.00 bits per heavy atom. The average molecular weight is 234 g/mol. The largest absolute Gasteiger partial charge is 0.301 e. The van der Waals surface area contributed by atoms with Gasteiger partial charge in [0.15, 0.2) is 0 Å². The van der Waals surface area contributed by atoms with Crippen molar-refractivity contribution >= 4 is 23.1 Å². The number of aryl methyl sites for hydroxylation is 1. The van der Waals surface area contributed by atoms with Crippen LogP contribution < -0.4 is 4.72 Å². The smallest absolute Gasteiger partial charge is 0.140 e. The summed E-state index contributed by atoms with van der Waals surface area (Å²) < 4.78 is 3.15. The molecular weight excluding hydrogens is 220 g/mol. The van der Waals surface area contributed by atoms with Gasteiger partial charge in [0.2, 0.25) is 0 Å². The van der Waals surface area contributed by atoms with Gasteiger partial charge in [-0.2, -0.15) is 0 Å². The lowest BCUT2D eigenvalue weighted by molar-refractivity contribution is -0.109. The number of carbonyl (C=O) groups excluding carboxylic acids is 1. The number of aldehydes is 1. The Balaban J connectivity index is 1.99. The van der Waals surface area contributed by atoms with Crippen molar-refractivity contribution in [2.45, 2.75) is 25.3 Å². The van der Waals surface area contributed by atoms with Gasteiger partial charge in [-0.25, -0.2) is 4.72 Å². The highest BCUT2D eigenvalue weighted by Crippen LogP contribution is 2.37. The van der Waals surface area contributed by atoms with Crippen LogP contribution in [-0.4, -0.2) is 16.8 Å². The first kappa shape index (κ1) is 11.4. The normalized spacial score (nSPS) is 16.8. The van der Waals surface area contributed by atoms with Crippen molar-refractivity contribution in [3.63, 3.8) is 0 Å². The zero-order valence-corrected chi connectivity index (χ0v) is 10.0. The van der Waals surface area contributed by atoms with E-state index in [0.29, 0.717) is 0 Å². The number of aromatic nitrogens is 1. The summed E-state index contributed by atoms with van der Waals surface area (Å²) in [7, 11) is 0. The van der Waals surface area contributed by atoms with Crippen LogP contribution in [0.5, 0.6) is 0 Å². The summed E-state index contributed by atoms with van der Waals surface area (Å²) in [5.74, 6) is 0. The minimum atomic E-state index is -0.309. The number of carbonyl (C=O) groups is 1. The molecule has 0 amide bonds. The predicted octanol–water partition coefficient (Wildman–Crippen LogP) is 2.33. The third kappa shape index (κ3) is 2.33. The van der Waals surface area contributed by atoms with Gasteiger partial charge in [0.25, 0.3) is 0 Å². The molecule has 0 aromatic carbocycles. The zero-order valence-electron chi connectivity index (χ0n) is 9.19. The van der Waals surface area contributed by atoms with Crippen LogP contribution in [0.15, 0.2) is 24.9 Å². The Morgan fingerprint density at radius 1 is 1.69 bits per heavy atom. The molecule has 1 aromatic rings. The Morgan fingerprint density at radius 2 is 2.44 bits per heavy atom. The number of hydrogen-bond donors (Lipinski definition) is 1. The quantitative estimate of drug-likeness (QED) is 0.627. The van der Waals surface area contributed by atoms with E-state index in [1.165, 1.54) is 11.9 Å². The number of rotatable bonds is 5. The minimum Gasteiger partial charge on any atom is -0.301 e. The summed E-state index contributed by atoms with van der Waals surface area (Å²) in [6.45, 7) is 5.97. The van der Waals surface area contributed by atoms with E-state index in [0.717, 1.165) is 35.3 Å². The second-order valence-electron chi connectivity index (χ2n) is 4.07. The summed E-state index contributed by atoms with van der Waals surface area (Å²) in [6.07, 6.45) is 4.56. The van der Waals surface area contributed by atoms with E-state index in [1.807, 2.05) is 19.1 Å². The standard InChI is InChI=1S/C12H14N2OS/c1-9-4-3-7-13-11(9)10(2)16-14-12(8-15)5-6-12/h3-4,7-8,14H,2,5-6H2,1H3. The van der Waals surface area contributed by atoms with E-state index < -0.39 is 0 Å². The zero-order chi connectivity index (χ0) is 11.6. The van der Waals surface area contributed by atoms with Gasteiger partial charge in [-0.15, -0.1) is 0 Å². The van der Waals surface area contributed by atoms with Gasteiger partial charge in [0.05, 0.1) is 11.2 Å². The molecule has 4 heteroatoms. The van der Waals surface area contributed by atoms with Gasteiger partial charge in [-0.3, -0.25) is 4.98 Å². The molecule has 0 unspecified atom stereocenters. The van der Waals surface area contributed by atoms with Crippen LogP contribution in [0.25, 0.3) is 4.91 Å². The Labute approximate surface area is 99.5 Å². The van der Waals surface area contributed by atoms with Crippen LogP contribution in [0.4, 0.5) is 0 Å². The Bertz CT molecular complexity index is 427. The molecule has 84 valence electrons. The van der Waals surface area contributed by atoms with Gasteiger partial charge in [0.1, 0.15) is 6.29 Å². The summed E-state index contributed by atoms with van der Waals surface area (Å²) in [4.78, 5) is 15.9. The Kier molecular flexibility index (Phi) is 3.12. The molecule has 1 N–H and O–H groups in total. The predicted molar refractivity (Wildman–Crippen MR) is 66.8 cm³/mol. The van der Waals surface area contributed by atoms with E-state index in [-0.39, 0.29) is 5.54 Å². The summed E-state index contributed by atoms with van der Waals surface area (Å²) >= 11 is 1.40. The molecule has 1 saturated carbocycles. The summed E-state index contributed by atoms with van der Waals surface area (Å²) in [6, 6.07) is 3.90. The van der Waals surface area contributed by atoms with E-state index in [9.17, 15) is 4.79 Å². The van der Waals surface area contributed by atoms with Crippen molar-refractivity contribution in [3.8, 4) is 0 Å². The molecule has 0 bridgehead atoms. The van der Waals surface area contributed by atoms with Crippen LogP contribution in [0.2, 0.25) is 0 Å². The highest BCUT2D eigenvalue weighted by atomic mass is 32.2. The van der Waals surface area contributed by atoms with Crippen LogP contribution in [0, 0.1) is 6.92 Å². The molecule has 1 aliphatic carbocycles. The highest BCUT2D eigenvalue weighted by Gasteiger charge is 2.42. The lowest BCUT2D eigenvalue weighted by atomic mass is 10.2. The van der Waals surface area contributed by atoms with Crippen LogP contribution in [-0.2, 0) is 4.79 Å². The van der Waals surface area contributed by atoms with Gasteiger partial charge in [-0.05, 0) is 43.3 Å². The fourth-order valence-corrected chi connectivity index (χ4v) is 2.26. The maximum Gasteiger partial charge on any atom is 0.140 e. The molecule has 2 rings (SSSR count). The van der Waals surface area contributed by atoms with Crippen LogP contribution in [0.3, 0.4) is 0 Å². The van der Waals surface area contributed by atoms with Gasteiger partial charge < -0.3 is 4.79 Å². The van der Waals surface area contributed by atoms with Crippen molar-refractivity contribution in [1.82, 2.24) is 9.71 Å². The molecule has 0 atom stereocenters. The average Bonchev–Trinajstić information content (AvgIpc) is 3.07. The minimum absolute atomic E-state index is 0.309. The third-order valence-corrected chi connectivity index (χ3v) is 3.61. The lowest BCUT2D eigenvalue weighted by Gasteiger charge is -2.11. The SMILES string of the molecule is C=C(SNC1(C=O)CC1)c1ncccc1C. The molecule has 1 heterocycles. The molecule has 1 aromatic heterocycles. The molecule has 3 nitrogen and oxygen atoms in total. The second-order valence-corrected chi connectivity index (χ2v) is 4.97. The first-order valence-electron chi connectivity index (χ1n) is 5.18. The molecular formula is C12H14N2OS. The molecule has 1 fully saturated rings. The van der Waals surface area contributed by atoms with Crippen molar-refractivity contribution < 1.29 is 4.79 Å². The number of pyridine rings is 1. The highest BCUT2D eigenvalue weighted by molar-refractivity contribution is 8.06. The second kappa shape index (κ2) is 4.39. The molecule has 16 heavy (non-hydrogen) atoms. The van der Waals surface area contributed by atoms with Crippen LogP contribution >= 0.6 is 11.9 Å². The first-order chi connectivity index (χ1) is 7.67. The third-order valence-electron chi connectivity index (χ3n) is 2.67. The number of nitrogens with zero attached hydrogens (tertiary/aromatic N) is 1. The summed E-state index contributed by atoms with van der Waals surface area (Å²) in [5, 5.41) is 0. The van der Waals surface area contributed by atoms with Crippen molar-refractivity contribution in [2.75, 3.05) is 0 Å². The van der Waals surface area contributed by atoms with E-state index >= 15 is 0 Å². The molecule has 0 saturated heterocycles. The lowest BCUT2D eigenvalue weighted by Crippen LogP contribution is -2.26. The number of nitrogens with one attached hydrogen (secondary N) is 1. The maximum absolute atomic E-state index is 10.8. The van der Waals surface area contributed by atoms with Gasteiger partial charge in [0, 0.05) is 11.1 Å². The van der Waals surface area contributed by atoms with Gasteiger partial charge in [-0.1, -0.05) is 12.6 Å². The molecule has 0 aliphatic heterocycles. The van der Waals surface area contributed by atoms with E-state index in [2.05, 4.69) is 16.3 Å². The molecule has 0 radical (unpaired) electrons. The van der Waals surface area contributed by atoms with Crippen molar-refractivity contribution in [3.05, 3.63) is 36.2 Å². The first-order valence-corrected chi connectivity index (χ1v) is 6.00. The topological polar surface area (TPSA) is 42.0 Å². The van der Waals surface area contributed by atoms with E-state index in [4.69, 9.17) is 0 Å². The van der Waals surface area contributed by atoms with Crippen molar-refractivity contribution in [2.24, 2.45) is 0 Å². The fraction of sp³-hybridized carbons (Fsp3) is 0.333. The van der Waals surface area contributed by atoms with Crippen LogP contribution in [0.1, 0.15) is 24.1 Å². The molecule has 1 aliphatic rings. The van der Waals surface area contributed by atoms with E-state index in [1.54, 1.807) is 6.20 Å². The monoisotopic (exact) mass is 234 g/mol. The fourth-order valence-electron chi connectivity index (χ4n) is 1.37. The molecule has 0 spiro atoms. The summed E-state index contributed by atoms with van der Waals surface area (Å²) in [5.41, 5.74) is 1.68. The number of hydrogen-bond acceptors (Lipinski definition) is 4.